The van der Waals surface area contributed by atoms with Crippen molar-refractivity contribution in [2.75, 3.05) is 11.9 Å². The average molecular weight is 369 g/mol. The molecule has 0 radical (unpaired) electrons. The van der Waals surface area contributed by atoms with Gasteiger partial charge in [0, 0.05) is 5.69 Å². The van der Waals surface area contributed by atoms with Crippen molar-refractivity contribution in [1.82, 2.24) is 0 Å². The molecular formula is C22H27NO4. The maximum absolute atomic E-state index is 12.4. The third-order valence-corrected chi connectivity index (χ3v) is 3.96. The van der Waals surface area contributed by atoms with Crippen LogP contribution in [0.5, 0.6) is 5.75 Å². The monoisotopic (exact) mass is 369 g/mol. The van der Waals surface area contributed by atoms with Gasteiger partial charge in [-0.1, -0.05) is 32.0 Å². The summed E-state index contributed by atoms with van der Waals surface area (Å²) in [5, 5.41) is 2.81. The fourth-order valence-corrected chi connectivity index (χ4v) is 2.36. The van der Waals surface area contributed by atoms with E-state index in [0.717, 1.165) is 11.1 Å². The van der Waals surface area contributed by atoms with E-state index in [1.165, 1.54) is 0 Å². The lowest BCUT2D eigenvalue weighted by atomic mass is 10.1. The fraction of sp³-hybridized carbons (Fsp3) is 0.364. The van der Waals surface area contributed by atoms with Gasteiger partial charge >= 0.3 is 5.97 Å². The summed E-state index contributed by atoms with van der Waals surface area (Å²) in [7, 11) is 0. The standard InChI is InChI=1S/C22H27NO4/c1-14(2)13-26-19-8-6-7-18(12-19)22(25)27-17(5)21(24)23-20-11-15(3)9-10-16(20)4/h6-12,14,17H,13H2,1-5H3,(H,23,24)/t17-/m1/s1. The number of hydrogen-bond acceptors (Lipinski definition) is 4. The number of ether oxygens (including phenoxy) is 2. The van der Waals surface area contributed by atoms with Gasteiger partial charge in [0.25, 0.3) is 5.91 Å². The Morgan fingerprint density at radius 1 is 1.04 bits per heavy atom. The van der Waals surface area contributed by atoms with Crippen LogP contribution in [0.4, 0.5) is 5.69 Å². The SMILES string of the molecule is Cc1ccc(C)c(NC(=O)[C@@H](C)OC(=O)c2cccc(OCC(C)C)c2)c1. The van der Waals surface area contributed by atoms with Crippen molar-refractivity contribution in [3.63, 3.8) is 0 Å². The Morgan fingerprint density at radius 2 is 1.78 bits per heavy atom. The van der Waals surface area contributed by atoms with Crippen molar-refractivity contribution >= 4 is 17.6 Å². The van der Waals surface area contributed by atoms with Crippen LogP contribution in [0.15, 0.2) is 42.5 Å². The van der Waals surface area contributed by atoms with Crippen LogP contribution in [-0.4, -0.2) is 24.6 Å². The molecule has 0 saturated heterocycles. The molecule has 1 N–H and O–H groups in total. The van der Waals surface area contributed by atoms with E-state index in [4.69, 9.17) is 9.47 Å². The number of amides is 1. The van der Waals surface area contributed by atoms with Crippen LogP contribution in [0.1, 0.15) is 42.3 Å². The van der Waals surface area contributed by atoms with Gasteiger partial charge in [0.2, 0.25) is 0 Å². The second-order valence-electron chi connectivity index (χ2n) is 7.09. The molecule has 2 rings (SSSR count). The molecule has 1 amide bonds. The Morgan fingerprint density at radius 3 is 2.48 bits per heavy atom. The molecule has 0 aliphatic carbocycles. The molecule has 0 aliphatic rings. The Bertz CT molecular complexity index is 814. The van der Waals surface area contributed by atoms with Gasteiger partial charge in [0.15, 0.2) is 6.10 Å². The summed E-state index contributed by atoms with van der Waals surface area (Å²) in [5.74, 6) is 0.0536. The molecule has 5 nitrogen and oxygen atoms in total. The first-order valence-corrected chi connectivity index (χ1v) is 9.08. The number of aryl methyl sites for hydroxylation is 2. The minimum absolute atomic E-state index is 0.350. The van der Waals surface area contributed by atoms with Crippen LogP contribution < -0.4 is 10.1 Å². The molecular weight excluding hydrogens is 342 g/mol. The van der Waals surface area contributed by atoms with E-state index >= 15 is 0 Å². The molecule has 1 atom stereocenters. The number of hydrogen-bond donors (Lipinski definition) is 1. The predicted molar refractivity (Wildman–Crippen MR) is 106 cm³/mol. The molecule has 5 heteroatoms. The van der Waals surface area contributed by atoms with Crippen molar-refractivity contribution in [2.45, 2.75) is 40.7 Å². The fourth-order valence-electron chi connectivity index (χ4n) is 2.36. The first-order chi connectivity index (χ1) is 12.8. The summed E-state index contributed by atoms with van der Waals surface area (Å²) in [6.07, 6.45) is -0.919. The summed E-state index contributed by atoms with van der Waals surface area (Å²) >= 11 is 0. The van der Waals surface area contributed by atoms with E-state index in [9.17, 15) is 9.59 Å². The molecule has 0 saturated carbocycles. The summed E-state index contributed by atoms with van der Waals surface area (Å²) in [4.78, 5) is 24.7. The van der Waals surface area contributed by atoms with E-state index in [1.54, 1.807) is 31.2 Å². The summed E-state index contributed by atoms with van der Waals surface area (Å²) in [6.45, 7) is 10.1. The van der Waals surface area contributed by atoms with Crippen LogP contribution in [0.25, 0.3) is 0 Å². The van der Waals surface area contributed by atoms with Gasteiger partial charge < -0.3 is 14.8 Å². The minimum Gasteiger partial charge on any atom is -0.493 e. The van der Waals surface area contributed by atoms with E-state index in [0.29, 0.717) is 29.5 Å². The number of nitrogens with one attached hydrogen (secondary N) is 1. The molecule has 2 aromatic carbocycles. The van der Waals surface area contributed by atoms with Gasteiger partial charge in [-0.25, -0.2) is 4.79 Å². The second kappa shape index (κ2) is 9.21. The van der Waals surface area contributed by atoms with Crippen LogP contribution in [0.3, 0.4) is 0 Å². The Hall–Kier alpha value is -2.82. The maximum Gasteiger partial charge on any atom is 0.339 e. The third-order valence-electron chi connectivity index (χ3n) is 3.96. The highest BCUT2D eigenvalue weighted by atomic mass is 16.5. The maximum atomic E-state index is 12.4. The quantitative estimate of drug-likeness (QED) is 0.729. The number of esters is 1. The number of rotatable bonds is 7. The first-order valence-electron chi connectivity index (χ1n) is 9.08. The zero-order chi connectivity index (χ0) is 20.0. The molecule has 0 spiro atoms. The smallest absolute Gasteiger partial charge is 0.339 e. The number of benzene rings is 2. The number of carbonyl (C=O) groups is 2. The van der Waals surface area contributed by atoms with Crippen LogP contribution in [-0.2, 0) is 9.53 Å². The van der Waals surface area contributed by atoms with Gasteiger partial charge in [-0.3, -0.25) is 4.79 Å². The van der Waals surface area contributed by atoms with Crippen LogP contribution >= 0.6 is 0 Å². The van der Waals surface area contributed by atoms with Crippen molar-refractivity contribution in [3.8, 4) is 5.75 Å². The predicted octanol–water partition coefficient (Wildman–Crippen LogP) is 4.52. The lowest BCUT2D eigenvalue weighted by molar-refractivity contribution is -0.123. The second-order valence-corrected chi connectivity index (χ2v) is 7.09. The number of carbonyl (C=O) groups excluding carboxylic acids is 2. The Labute approximate surface area is 160 Å². The molecule has 0 aliphatic heterocycles. The number of anilines is 1. The third kappa shape index (κ3) is 6.13. The Kier molecular flexibility index (Phi) is 6.99. The zero-order valence-electron chi connectivity index (χ0n) is 16.5. The van der Waals surface area contributed by atoms with Crippen LogP contribution in [0, 0.1) is 19.8 Å². The normalized spacial score (nSPS) is 11.8. The molecule has 0 heterocycles. The van der Waals surface area contributed by atoms with Gasteiger partial charge in [-0.05, 0) is 62.1 Å². The minimum atomic E-state index is -0.919. The van der Waals surface area contributed by atoms with Crippen molar-refractivity contribution in [3.05, 3.63) is 59.2 Å². The Balaban J connectivity index is 1.99. The van der Waals surface area contributed by atoms with Gasteiger partial charge in [-0.2, -0.15) is 0 Å². The van der Waals surface area contributed by atoms with E-state index in [2.05, 4.69) is 5.32 Å². The van der Waals surface area contributed by atoms with Crippen molar-refractivity contribution in [2.24, 2.45) is 5.92 Å². The lowest BCUT2D eigenvalue weighted by Gasteiger charge is -2.15. The molecule has 0 fully saturated rings. The summed E-state index contributed by atoms with van der Waals surface area (Å²) in [5.41, 5.74) is 3.05. The van der Waals surface area contributed by atoms with E-state index in [-0.39, 0.29) is 5.91 Å². The molecule has 0 unspecified atom stereocenters. The average Bonchev–Trinajstić information content (AvgIpc) is 2.63. The molecule has 0 aromatic heterocycles. The summed E-state index contributed by atoms with van der Waals surface area (Å²) < 4.78 is 10.9. The van der Waals surface area contributed by atoms with Gasteiger partial charge in [-0.15, -0.1) is 0 Å². The van der Waals surface area contributed by atoms with Crippen molar-refractivity contribution < 1.29 is 19.1 Å². The summed E-state index contributed by atoms with van der Waals surface area (Å²) in [6, 6.07) is 12.6. The van der Waals surface area contributed by atoms with Crippen LogP contribution in [0.2, 0.25) is 0 Å². The molecule has 2 aromatic rings. The highest BCUT2D eigenvalue weighted by Crippen LogP contribution is 2.18. The topological polar surface area (TPSA) is 64.6 Å². The van der Waals surface area contributed by atoms with Gasteiger partial charge in [0.1, 0.15) is 5.75 Å². The first kappa shape index (κ1) is 20.5. The lowest BCUT2D eigenvalue weighted by Crippen LogP contribution is -2.30. The molecule has 27 heavy (non-hydrogen) atoms. The van der Waals surface area contributed by atoms with E-state index < -0.39 is 12.1 Å². The largest absolute Gasteiger partial charge is 0.493 e. The molecule has 144 valence electrons. The van der Waals surface area contributed by atoms with E-state index in [1.807, 2.05) is 45.9 Å². The van der Waals surface area contributed by atoms with Crippen molar-refractivity contribution in [1.29, 1.82) is 0 Å². The molecule has 0 bridgehead atoms. The highest BCUT2D eigenvalue weighted by Gasteiger charge is 2.20. The highest BCUT2D eigenvalue weighted by molar-refractivity contribution is 5.97. The van der Waals surface area contributed by atoms with Gasteiger partial charge in [0.05, 0.1) is 12.2 Å². The zero-order valence-corrected chi connectivity index (χ0v) is 16.5.